The van der Waals surface area contributed by atoms with Crippen molar-refractivity contribution in [3.63, 3.8) is 0 Å². The number of piperazine rings is 1. The predicted molar refractivity (Wildman–Crippen MR) is 100 cm³/mol. The normalized spacial score (nSPS) is 16.6. The van der Waals surface area contributed by atoms with Crippen molar-refractivity contribution in [2.75, 3.05) is 57.4 Å². The zero-order valence-electron chi connectivity index (χ0n) is 14.8. The minimum atomic E-state index is -4.77. The summed E-state index contributed by atoms with van der Waals surface area (Å²) in [5.74, 6) is -0.355. The van der Waals surface area contributed by atoms with Gasteiger partial charge in [0.25, 0.3) is 0 Å². The van der Waals surface area contributed by atoms with Crippen LogP contribution in [0.1, 0.15) is 0 Å². The monoisotopic (exact) mass is 403 g/mol. The number of hydrogen-bond donors (Lipinski definition) is 2. The molecule has 0 amide bonds. The Balaban J connectivity index is 1.76. The summed E-state index contributed by atoms with van der Waals surface area (Å²) in [6.07, 6.45) is -4.77. The molecule has 0 atom stereocenters. The molecule has 0 unspecified atom stereocenters. The van der Waals surface area contributed by atoms with Gasteiger partial charge in [-0.3, -0.25) is 4.90 Å². The van der Waals surface area contributed by atoms with E-state index in [1.807, 2.05) is 0 Å². The molecule has 3 rings (SSSR count). The summed E-state index contributed by atoms with van der Waals surface area (Å²) in [6, 6.07) is 3.92. The molecule has 2 aromatic rings. The van der Waals surface area contributed by atoms with Crippen molar-refractivity contribution in [1.29, 1.82) is 0 Å². The molecule has 1 aliphatic rings. The molecule has 0 saturated carbocycles. The van der Waals surface area contributed by atoms with Crippen LogP contribution in [-0.2, 0) is 0 Å². The van der Waals surface area contributed by atoms with Crippen molar-refractivity contribution in [3.8, 4) is 5.75 Å². The predicted octanol–water partition coefficient (Wildman–Crippen LogP) is 3.03. The maximum Gasteiger partial charge on any atom is 0.573 e. The molecule has 3 N–H and O–H groups in total. The summed E-state index contributed by atoms with van der Waals surface area (Å²) < 4.78 is 41.2. The molecule has 2 heterocycles. The number of pyridine rings is 1. The largest absolute Gasteiger partial charge is 0.573 e. The molecular weight excluding hydrogens is 383 g/mol. The highest BCUT2D eigenvalue weighted by Crippen LogP contribution is 2.35. The second-order valence-corrected chi connectivity index (χ2v) is 6.85. The Morgan fingerprint density at radius 1 is 1.26 bits per heavy atom. The van der Waals surface area contributed by atoms with Gasteiger partial charge in [0.1, 0.15) is 5.75 Å². The lowest BCUT2D eigenvalue weighted by Gasteiger charge is -2.32. The number of halogens is 4. The van der Waals surface area contributed by atoms with Crippen LogP contribution >= 0.6 is 11.6 Å². The maximum absolute atomic E-state index is 12.4. The third-order valence-corrected chi connectivity index (χ3v) is 4.80. The number of aromatic nitrogens is 1. The van der Waals surface area contributed by atoms with E-state index in [0.29, 0.717) is 17.6 Å². The van der Waals surface area contributed by atoms with Gasteiger partial charge in [-0.2, -0.15) is 0 Å². The number of alkyl halides is 3. The standard InChI is InChI=1S/C17H21ClF3N5O/c1-25-6-8-26(9-7-25)5-4-23-15-12-3-2-11(27-17(19,20)21)10-13(12)24-16(18)14(15)22/h2-3,10H,4-9,22H2,1H3,(H,23,24). The SMILES string of the molecule is CN1CCN(CCNc2c(N)c(Cl)nc3cc(OC(F)(F)F)ccc23)CC1. The Labute approximate surface area is 160 Å². The maximum atomic E-state index is 12.4. The van der Waals surface area contributed by atoms with Gasteiger partial charge in [-0.15, -0.1) is 13.2 Å². The van der Waals surface area contributed by atoms with E-state index in [1.54, 1.807) is 0 Å². The molecule has 0 aliphatic carbocycles. The number of fused-ring (bicyclic) bond motifs is 1. The second kappa shape index (κ2) is 7.95. The molecule has 1 saturated heterocycles. The number of benzene rings is 1. The van der Waals surface area contributed by atoms with Gasteiger partial charge in [0.05, 0.1) is 16.9 Å². The van der Waals surface area contributed by atoms with Crippen LogP contribution in [-0.4, -0.2) is 67.5 Å². The Kier molecular flexibility index (Phi) is 5.83. The van der Waals surface area contributed by atoms with Crippen LogP contribution in [0.15, 0.2) is 18.2 Å². The van der Waals surface area contributed by atoms with Gasteiger partial charge < -0.3 is 20.7 Å². The molecular formula is C17H21ClF3N5O. The van der Waals surface area contributed by atoms with Gasteiger partial charge in [0.2, 0.25) is 0 Å². The van der Waals surface area contributed by atoms with E-state index < -0.39 is 6.36 Å². The first-order valence-corrected chi connectivity index (χ1v) is 8.90. The van der Waals surface area contributed by atoms with E-state index in [4.69, 9.17) is 17.3 Å². The molecule has 0 radical (unpaired) electrons. The summed E-state index contributed by atoms with van der Waals surface area (Å²) >= 11 is 6.07. The highest BCUT2D eigenvalue weighted by Gasteiger charge is 2.31. The summed E-state index contributed by atoms with van der Waals surface area (Å²) in [5, 5.41) is 3.88. The Hall–Kier alpha value is -1.97. The zero-order valence-corrected chi connectivity index (χ0v) is 15.6. The van der Waals surface area contributed by atoms with Crippen LogP contribution < -0.4 is 15.8 Å². The van der Waals surface area contributed by atoms with Crippen molar-refractivity contribution in [1.82, 2.24) is 14.8 Å². The molecule has 148 valence electrons. The van der Waals surface area contributed by atoms with Crippen LogP contribution in [0.25, 0.3) is 10.9 Å². The van der Waals surface area contributed by atoms with Crippen molar-refractivity contribution in [3.05, 3.63) is 23.4 Å². The molecule has 6 nitrogen and oxygen atoms in total. The topological polar surface area (TPSA) is 66.7 Å². The first-order chi connectivity index (χ1) is 12.7. The Bertz CT molecular complexity index is 809. The number of rotatable bonds is 5. The third-order valence-electron chi connectivity index (χ3n) is 4.51. The molecule has 1 aromatic heterocycles. The molecule has 1 aliphatic heterocycles. The van der Waals surface area contributed by atoms with Gasteiger partial charge in [-0.1, -0.05) is 11.6 Å². The number of nitrogen functional groups attached to an aromatic ring is 1. The molecule has 27 heavy (non-hydrogen) atoms. The minimum Gasteiger partial charge on any atom is -0.406 e. The number of hydrogen-bond acceptors (Lipinski definition) is 6. The lowest BCUT2D eigenvalue weighted by molar-refractivity contribution is -0.274. The summed E-state index contributed by atoms with van der Waals surface area (Å²) in [5.41, 5.74) is 7.15. The number of likely N-dealkylation sites (N-methyl/N-ethyl adjacent to an activating group) is 1. The van der Waals surface area contributed by atoms with Crippen molar-refractivity contribution in [2.24, 2.45) is 0 Å². The smallest absolute Gasteiger partial charge is 0.406 e. The molecule has 1 aromatic carbocycles. The highest BCUT2D eigenvalue weighted by molar-refractivity contribution is 6.33. The molecule has 0 spiro atoms. The van der Waals surface area contributed by atoms with E-state index >= 15 is 0 Å². The fourth-order valence-electron chi connectivity index (χ4n) is 3.03. The van der Waals surface area contributed by atoms with Gasteiger partial charge in [0, 0.05) is 50.7 Å². The number of ether oxygens (including phenoxy) is 1. The van der Waals surface area contributed by atoms with E-state index in [1.165, 1.54) is 18.2 Å². The van der Waals surface area contributed by atoms with E-state index in [2.05, 4.69) is 31.9 Å². The Morgan fingerprint density at radius 2 is 1.96 bits per heavy atom. The number of nitrogens with zero attached hydrogens (tertiary/aromatic N) is 3. The summed E-state index contributed by atoms with van der Waals surface area (Å²) in [6.45, 7) is 5.48. The fourth-order valence-corrected chi connectivity index (χ4v) is 3.21. The van der Waals surface area contributed by atoms with Gasteiger partial charge >= 0.3 is 6.36 Å². The highest BCUT2D eigenvalue weighted by atomic mass is 35.5. The molecule has 1 fully saturated rings. The number of nitrogens with one attached hydrogen (secondary N) is 1. The van der Waals surface area contributed by atoms with Crippen molar-refractivity contribution in [2.45, 2.75) is 6.36 Å². The molecule has 0 bridgehead atoms. The van der Waals surface area contributed by atoms with Crippen molar-refractivity contribution < 1.29 is 17.9 Å². The third kappa shape index (κ3) is 5.06. The van der Waals surface area contributed by atoms with Gasteiger partial charge in [-0.05, 0) is 19.2 Å². The van der Waals surface area contributed by atoms with E-state index in [-0.39, 0.29) is 22.1 Å². The number of anilines is 2. The first-order valence-electron chi connectivity index (χ1n) is 8.52. The minimum absolute atomic E-state index is 0.0359. The van der Waals surface area contributed by atoms with E-state index in [0.717, 1.165) is 32.7 Å². The average molecular weight is 404 g/mol. The summed E-state index contributed by atoms with van der Waals surface area (Å²) in [7, 11) is 2.10. The average Bonchev–Trinajstić information content (AvgIpc) is 2.58. The lowest BCUT2D eigenvalue weighted by Crippen LogP contribution is -2.45. The first kappa shape index (κ1) is 19.8. The van der Waals surface area contributed by atoms with Gasteiger partial charge in [-0.25, -0.2) is 4.98 Å². The van der Waals surface area contributed by atoms with Crippen LogP contribution in [0, 0.1) is 0 Å². The van der Waals surface area contributed by atoms with Crippen LogP contribution in [0.5, 0.6) is 5.75 Å². The zero-order chi connectivity index (χ0) is 19.6. The second-order valence-electron chi connectivity index (χ2n) is 6.49. The fraction of sp³-hybridized carbons (Fsp3) is 0.471. The van der Waals surface area contributed by atoms with Crippen LogP contribution in [0.2, 0.25) is 5.15 Å². The van der Waals surface area contributed by atoms with E-state index in [9.17, 15) is 13.2 Å². The quantitative estimate of drug-likeness (QED) is 0.748. The van der Waals surface area contributed by atoms with Crippen molar-refractivity contribution >= 4 is 33.9 Å². The Morgan fingerprint density at radius 3 is 2.63 bits per heavy atom. The lowest BCUT2D eigenvalue weighted by atomic mass is 10.1. The summed E-state index contributed by atoms with van der Waals surface area (Å²) in [4.78, 5) is 8.68. The van der Waals surface area contributed by atoms with Crippen LogP contribution in [0.3, 0.4) is 0 Å². The van der Waals surface area contributed by atoms with Crippen LogP contribution in [0.4, 0.5) is 24.5 Å². The van der Waals surface area contributed by atoms with Gasteiger partial charge in [0.15, 0.2) is 5.15 Å². The number of nitrogens with two attached hydrogens (primary N) is 1. The molecule has 10 heteroatoms.